The molecule has 8 unspecified atom stereocenters. The number of ketones is 1. The molecule has 4 aliphatic rings. The van der Waals surface area contributed by atoms with E-state index < -0.39 is 0 Å². The first kappa shape index (κ1) is 41.8. The zero-order valence-electron chi connectivity index (χ0n) is 33.0. The number of fused-ring (bicyclic) bond motifs is 5. The number of Topliss-reactive ketones (excluding diaryl/α,β-unsaturated/α-hetero) is 1. The third-order valence-electron chi connectivity index (χ3n) is 13.3. The minimum Gasteiger partial charge on any atom is -0.446 e. The maximum Gasteiger partial charge on any atom is 0.407 e. The smallest absolute Gasteiger partial charge is 0.407 e. The second-order valence-electron chi connectivity index (χ2n) is 17.2. The molecule has 51 heavy (non-hydrogen) atoms. The normalized spacial score (nSPS) is 30.5. The number of nitrogens with one attached hydrogen (secondary N) is 2. The van der Waals surface area contributed by atoms with E-state index in [2.05, 4.69) is 51.3 Å². The molecule has 2 amide bonds. The van der Waals surface area contributed by atoms with Crippen LogP contribution < -0.4 is 10.6 Å². The molecule has 0 aromatic heterocycles. The van der Waals surface area contributed by atoms with Gasteiger partial charge in [0.05, 0.1) is 33.0 Å². The average Bonchev–Trinajstić information content (AvgIpc) is 3.44. The number of rotatable bonds is 22. The molecule has 9 nitrogen and oxygen atoms in total. The van der Waals surface area contributed by atoms with Crippen molar-refractivity contribution in [2.45, 2.75) is 138 Å². The third kappa shape index (κ3) is 12.0. The van der Waals surface area contributed by atoms with Crippen molar-refractivity contribution < 1.29 is 33.3 Å². The van der Waals surface area contributed by atoms with Gasteiger partial charge in [0.1, 0.15) is 11.9 Å². The van der Waals surface area contributed by atoms with Crippen molar-refractivity contribution in [3.05, 3.63) is 11.6 Å². The topological polar surface area (TPSA) is 112 Å². The molecule has 4 rings (SSSR count). The first-order valence-electron chi connectivity index (χ1n) is 20.6. The highest BCUT2D eigenvalue weighted by atomic mass is 16.6. The van der Waals surface area contributed by atoms with Gasteiger partial charge in [-0.25, -0.2) is 4.79 Å². The minimum atomic E-state index is -0.315. The summed E-state index contributed by atoms with van der Waals surface area (Å²) in [5.74, 6) is 4.87. The summed E-state index contributed by atoms with van der Waals surface area (Å²) < 4.78 is 22.5. The summed E-state index contributed by atoms with van der Waals surface area (Å²) >= 11 is 0. The van der Waals surface area contributed by atoms with Gasteiger partial charge in [-0.2, -0.15) is 0 Å². The van der Waals surface area contributed by atoms with E-state index in [1.807, 2.05) is 0 Å². The van der Waals surface area contributed by atoms with Crippen LogP contribution in [0.1, 0.15) is 131 Å². The van der Waals surface area contributed by atoms with Crippen molar-refractivity contribution in [2.24, 2.45) is 46.3 Å². The van der Waals surface area contributed by atoms with Crippen molar-refractivity contribution >= 4 is 17.8 Å². The zero-order valence-corrected chi connectivity index (χ0v) is 33.0. The molecule has 0 aromatic rings. The quantitative estimate of drug-likeness (QED) is 0.0862. The monoisotopic (exact) mass is 717 g/mol. The highest BCUT2D eigenvalue weighted by Gasteiger charge is 2.59. The number of hydrogen-bond acceptors (Lipinski definition) is 7. The summed E-state index contributed by atoms with van der Waals surface area (Å²) in [7, 11) is 0. The lowest BCUT2D eigenvalue weighted by Gasteiger charge is -2.58. The number of carbonyl (C=O) groups excluding carboxylic acids is 3. The Morgan fingerprint density at radius 2 is 1.53 bits per heavy atom. The van der Waals surface area contributed by atoms with Gasteiger partial charge in [-0.15, -0.1) is 0 Å². The van der Waals surface area contributed by atoms with Crippen LogP contribution in [-0.2, 0) is 28.5 Å². The Hall–Kier alpha value is -1.97. The molecule has 0 radical (unpaired) electrons. The summed E-state index contributed by atoms with van der Waals surface area (Å²) in [6, 6.07) is 0. The molecule has 4 aliphatic carbocycles. The standard InChI is InChI=1S/C42H72N2O7/c1-30(2)9-7-10-31(3)36-14-15-37-35-13-12-33-29-34(17-19-41(33,5)38(35)18-20-42(36,37)6)51-40(47)44-21-8-23-48-25-27-50-28-26-49-24-22-43-39(46)16-11-32(4)45/h12,30-31,34-38H,7-11,13-29H2,1-6H3,(H,43,46)(H,44,47). The van der Waals surface area contributed by atoms with Crippen molar-refractivity contribution in [2.75, 3.05) is 52.7 Å². The van der Waals surface area contributed by atoms with Crippen LogP contribution in [0.25, 0.3) is 0 Å². The molecule has 0 spiro atoms. The van der Waals surface area contributed by atoms with Gasteiger partial charge in [0.2, 0.25) is 5.91 Å². The Morgan fingerprint density at radius 3 is 2.25 bits per heavy atom. The van der Waals surface area contributed by atoms with Crippen molar-refractivity contribution in [3.8, 4) is 0 Å². The van der Waals surface area contributed by atoms with E-state index in [0.29, 0.717) is 64.6 Å². The van der Waals surface area contributed by atoms with E-state index in [4.69, 9.17) is 18.9 Å². The number of carbonyl (C=O) groups is 3. The summed E-state index contributed by atoms with van der Waals surface area (Å²) in [6.07, 6.45) is 17.4. The van der Waals surface area contributed by atoms with Crippen LogP contribution >= 0.6 is 0 Å². The lowest BCUT2D eigenvalue weighted by Crippen LogP contribution is -2.51. The van der Waals surface area contributed by atoms with Crippen LogP contribution in [0, 0.1) is 46.3 Å². The molecule has 0 aromatic carbocycles. The number of amides is 2. The van der Waals surface area contributed by atoms with Gasteiger partial charge in [-0.3, -0.25) is 4.79 Å². The molecule has 292 valence electrons. The van der Waals surface area contributed by atoms with Gasteiger partial charge < -0.3 is 34.4 Å². The summed E-state index contributed by atoms with van der Waals surface area (Å²) in [5.41, 5.74) is 2.32. The molecular weight excluding hydrogens is 644 g/mol. The highest BCUT2D eigenvalue weighted by Crippen LogP contribution is 2.67. The molecule has 3 fully saturated rings. The maximum absolute atomic E-state index is 12.7. The van der Waals surface area contributed by atoms with Gasteiger partial charge in [-0.05, 0) is 105 Å². The van der Waals surface area contributed by atoms with E-state index in [1.54, 1.807) is 5.57 Å². The molecule has 0 aliphatic heterocycles. The van der Waals surface area contributed by atoms with Crippen molar-refractivity contribution in [1.29, 1.82) is 0 Å². The second-order valence-corrected chi connectivity index (χ2v) is 17.2. The lowest BCUT2D eigenvalue weighted by atomic mass is 9.47. The Balaban J connectivity index is 1.05. The number of ether oxygens (including phenoxy) is 4. The molecule has 8 atom stereocenters. The Bertz CT molecular complexity index is 1140. The van der Waals surface area contributed by atoms with E-state index in [1.165, 1.54) is 58.3 Å². The van der Waals surface area contributed by atoms with Gasteiger partial charge >= 0.3 is 6.09 Å². The first-order valence-corrected chi connectivity index (χ1v) is 20.6. The Labute approximate surface area is 309 Å². The molecule has 3 saturated carbocycles. The number of alkyl carbamates (subject to hydrolysis) is 1. The van der Waals surface area contributed by atoms with Crippen LogP contribution in [0.5, 0.6) is 0 Å². The Morgan fingerprint density at radius 1 is 0.804 bits per heavy atom. The zero-order chi connectivity index (χ0) is 36.9. The summed E-state index contributed by atoms with van der Waals surface area (Å²) in [6.45, 7) is 17.7. The van der Waals surface area contributed by atoms with Crippen LogP contribution in [-0.4, -0.2) is 76.6 Å². The van der Waals surface area contributed by atoms with E-state index in [-0.39, 0.29) is 42.1 Å². The lowest BCUT2D eigenvalue weighted by molar-refractivity contribution is -0.124. The summed E-state index contributed by atoms with van der Waals surface area (Å²) in [4.78, 5) is 35.1. The van der Waals surface area contributed by atoms with Crippen LogP contribution in [0.3, 0.4) is 0 Å². The molecular formula is C42H72N2O7. The Kier molecular flexibility index (Phi) is 16.8. The van der Waals surface area contributed by atoms with Gasteiger partial charge in [-0.1, -0.05) is 65.5 Å². The predicted molar refractivity (Wildman–Crippen MR) is 201 cm³/mol. The molecule has 0 saturated heterocycles. The van der Waals surface area contributed by atoms with E-state index in [0.717, 1.165) is 54.8 Å². The molecule has 9 heteroatoms. The van der Waals surface area contributed by atoms with Crippen LogP contribution in [0.2, 0.25) is 0 Å². The average molecular weight is 717 g/mol. The molecule has 2 N–H and O–H groups in total. The fraction of sp³-hybridized carbons (Fsp3) is 0.881. The summed E-state index contributed by atoms with van der Waals surface area (Å²) in [5, 5.41) is 5.64. The SMILES string of the molecule is CC(=O)CCC(=O)NCCOCCOCCOCCCNC(=O)OC1CCC2(C)C(=CCC3C2CCC2(C)C(C(C)CCCC(C)C)CCC32)C1. The maximum atomic E-state index is 12.7. The van der Waals surface area contributed by atoms with Crippen molar-refractivity contribution in [1.82, 2.24) is 10.6 Å². The molecule has 0 bridgehead atoms. The van der Waals surface area contributed by atoms with Crippen molar-refractivity contribution in [3.63, 3.8) is 0 Å². The van der Waals surface area contributed by atoms with E-state index in [9.17, 15) is 14.4 Å². The van der Waals surface area contributed by atoms with Gasteiger partial charge in [0.25, 0.3) is 0 Å². The van der Waals surface area contributed by atoms with E-state index >= 15 is 0 Å². The fourth-order valence-corrected chi connectivity index (χ4v) is 10.5. The minimum absolute atomic E-state index is 0.0105. The fourth-order valence-electron chi connectivity index (χ4n) is 10.5. The largest absolute Gasteiger partial charge is 0.446 e. The second kappa shape index (κ2) is 20.5. The van der Waals surface area contributed by atoms with Gasteiger partial charge in [0, 0.05) is 39.0 Å². The molecule has 0 heterocycles. The third-order valence-corrected chi connectivity index (χ3v) is 13.3. The predicted octanol–water partition coefficient (Wildman–Crippen LogP) is 8.05. The highest BCUT2D eigenvalue weighted by molar-refractivity contribution is 5.83. The number of allylic oxidation sites excluding steroid dienone is 1. The first-order chi connectivity index (χ1) is 24.4. The van der Waals surface area contributed by atoms with Crippen LogP contribution in [0.15, 0.2) is 11.6 Å². The van der Waals surface area contributed by atoms with Crippen LogP contribution in [0.4, 0.5) is 4.79 Å². The number of hydrogen-bond donors (Lipinski definition) is 2. The van der Waals surface area contributed by atoms with Gasteiger partial charge in [0.15, 0.2) is 0 Å².